The van der Waals surface area contributed by atoms with E-state index in [0.29, 0.717) is 39.5 Å². The zero-order valence-electron chi connectivity index (χ0n) is 19.6. The van der Waals surface area contributed by atoms with E-state index >= 15 is 0 Å². The summed E-state index contributed by atoms with van der Waals surface area (Å²) in [5, 5.41) is 2.96. The first-order chi connectivity index (χ1) is 17.0. The molecule has 35 heavy (non-hydrogen) atoms. The maximum absolute atomic E-state index is 14.1. The predicted molar refractivity (Wildman–Crippen MR) is 130 cm³/mol. The van der Waals surface area contributed by atoms with Gasteiger partial charge < -0.3 is 14.8 Å². The third kappa shape index (κ3) is 3.73. The Hall–Kier alpha value is -4.46. The van der Waals surface area contributed by atoms with Gasteiger partial charge in [0.2, 0.25) is 0 Å². The van der Waals surface area contributed by atoms with Gasteiger partial charge in [0.05, 0.1) is 43.2 Å². The van der Waals surface area contributed by atoms with Gasteiger partial charge in [0.25, 0.3) is 5.91 Å². The number of methoxy groups -OCH3 is 2. The summed E-state index contributed by atoms with van der Waals surface area (Å²) in [6.45, 7) is 1.83. The number of benzene rings is 3. The molecule has 0 atom stereocenters. The van der Waals surface area contributed by atoms with Crippen molar-refractivity contribution in [2.24, 2.45) is 0 Å². The SMILES string of the molecule is COc1ccc(C2(c3ccc(OC)cc3)NC(=O)N(Cc3nc4ccccc4nc3C)C2=O)cc1. The van der Waals surface area contributed by atoms with E-state index in [0.717, 1.165) is 5.52 Å². The van der Waals surface area contributed by atoms with Crippen molar-refractivity contribution in [1.29, 1.82) is 0 Å². The first-order valence-corrected chi connectivity index (χ1v) is 11.1. The number of aromatic nitrogens is 2. The second-order valence-electron chi connectivity index (χ2n) is 8.27. The van der Waals surface area contributed by atoms with Crippen molar-refractivity contribution in [3.8, 4) is 11.5 Å². The average molecular weight is 469 g/mol. The van der Waals surface area contributed by atoms with Crippen molar-refractivity contribution < 1.29 is 19.1 Å². The Morgan fingerprint density at radius 3 is 1.83 bits per heavy atom. The molecule has 3 amide bonds. The number of aryl methyl sites for hydroxylation is 1. The number of nitrogens with zero attached hydrogens (tertiary/aromatic N) is 3. The lowest BCUT2D eigenvalue weighted by atomic mass is 9.82. The quantitative estimate of drug-likeness (QED) is 0.431. The van der Waals surface area contributed by atoms with Crippen LogP contribution in [0.25, 0.3) is 11.0 Å². The lowest BCUT2D eigenvalue weighted by molar-refractivity contribution is -0.130. The fraction of sp³-hybridized carbons (Fsp3) is 0.185. The number of carbonyl (C=O) groups is 2. The number of amides is 3. The van der Waals surface area contributed by atoms with Gasteiger partial charge in [-0.05, 0) is 54.4 Å². The molecular formula is C27H24N4O4. The molecule has 0 saturated carbocycles. The largest absolute Gasteiger partial charge is 0.497 e. The van der Waals surface area contributed by atoms with Gasteiger partial charge in [-0.1, -0.05) is 36.4 Å². The summed E-state index contributed by atoms with van der Waals surface area (Å²) in [5.74, 6) is 0.899. The van der Waals surface area contributed by atoms with Crippen LogP contribution in [0.3, 0.4) is 0 Å². The molecule has 1 aliphatic heterocycles. The van der Waals surface area contributed by atoms with Gasteiger partial charge in [-0.3, -0.25) is 9.69 Å². The van der Waals surface area contributed by atoms with Crippen LogP contribution in [-0.4, -0.2) is 41.0 Å². The summed E-state index contributed by atoms with van der Waals surface area (Å²) in [4.78, 5) is 37.8. The third-order valence-corrected chi connectivity index (χ3v) is 6.30. The molecule has 2 heterocycles. The summed E-state index contributed by atoms with van der Waals surface area (Å²) in [5.41, 5.74) is 2.52. The van der Waals surface area contributed by atoms with Crippen molar-refractivity contribution in [3.05, 3.63) is 95.3 Å². The molecule has 3 aromatic carbocycles. The molecule has 1 aromatic heterocycles. The van der Waals surface area contributed by atoms with Crippen LogP contribution >= 0.6 is 0 Å². The summed E-state index contributed by atoms with van der Waals surface area (Å²) in [6.07, 6.45) is 0. The molecular weight excluding hydrogens is 444 g/mol. The number of imide groups is 1. The smallest absolute Gasteiger partial charge is 0.325 e. The number of carbonyl (C=O) groups excluding carboxylic acids is 2. The normalized spacial score (nSPS) is 14.8. The maximum Gasteiger partial charge on any atom is 0.325 e. The molecule has 0 radical (unpaired) electrons. The summed E-state index contributed by atoms with van der Waals surface area (Å²) >= 11 is 0. The van der Waals surface area contributed by atoms with E-state index in [1.165, 1.54) is 4.90 Å². The maximum atomic E-state index is 14.1. The van der Waals surface area contributed by atoms with Crippen LogP contribution in [0, 0.1) is 6.92 Å². The van der Waals surface area contributed by atoms with Crippen LogP contribution in [0.15, 0.2) is 72.8 Å². The molecule has 5 rings (SSSR count). The average Bonchev–Trinajstić information content (AvgIpc) is 3.14. The number of urea groups is 1. The van der Waals surface area contributed by atoms with E-state index in [1.807, 2.05) is 31.2 Å². The fourth-order valence-electron chi connectivity index (χ4n) is 4.38. The van der Waals surface area contributed by atoms with Crippen LogP contribution in [0.5, 0.6) is 11.5 Å². The molecule has 8 nitrogen and oxygen atoms in total. The van der Waals surface area contributed by atoms with Crippen LogP contribution in [0.4, 0.5) is 4.79 Å². The van der Waals surface area contributed by atoms with Gasteiger partial charge >= 0.3 is 6.03 Å². The Labute approximate surface area is 202 Å². The van der Waals surface area contributed by atoms with Crippen LogP contribution < -0.4 is 14.8 Å². The lowest BCUT2D eigenvalue weighted by Gasteiger charge is -2.28. The van der Waals surface area contributed by atoms with Crippen molar-refractivity contribution in [2.75, 3.05) is 14.2 Å². The molecule has 1 saturated heterocycles. The van der Waals surface area contributed by atoms with E-state index in [-0.39, 0.29) is 6.54 Å². The third-order valence-electron chi connectivity index (χ3n) is 6.30. The van der Waals surface area contributed by atoms with Crippen LogP contribution in [-0.2, 0) is 16.9 Å². The van der Waals surface area contributed by atoms with Gasteiger partial charge in [0.1, 0.15) is 11.5 Å². The fourth-order valence-corrected chi connectivity index (χ4v) is 4.38. The highest BCUT2D eigenvalue weighted by molar-refractivity contribution is 6.09. The Bertz CT molecular complexity index is 1370. The van der Waals surface area contributed by atoms with Gasteiger partial charge in [-0.25, -0.2) is 14.8 Å². The molecule has 0 spiro atoms. The minimum atomic E-state index is -1.41. The van der Waals surface area contributed by atoms with Gasteiger partial charge in [0.15, 0.2) is 5.54 Å². The molecule has 1 fully saturated rings. The Balaban J connectivity index is 1.59. The molecule has 8 heteroatoms. The molecule has 1 aliphatic rings. The summed E-state index contributed by atoms with van der Waals surface area (Å²) in [7, 11) is 3.15. The number of nitrogens with one attached hydrogen (secondary N) is 1. The molecule has 0 unspecified atom stereocenters. The summed E-state index contributed by atoms with van der Waals surface area (Å²) < 4.78 is 10.6. The lowest BCUT2D eigenvalue weighted by Crippen LogP contribution is -2.45. The van der Waals surface area contributed by atoms with E-state index in [9.17, 15) is 9.59 Å². The number of hydrogen-bond donors (Lipinski definition) is 1. The van der Waals surface area contributed by atoms with Gasteiger partial charge in [-0.2, -0.15) is 0 Å². The topological polar surface area (TPSA) is 93.7 Å². The van der Waals surface area contributed by atoms with Crippen LogP contribution in [0.1, 0.15) is 22.5 Å². The van der Waals surface area contributed by atoms with E-state index in [2.05, 4.69) is 15.3 Å². The van der Waals surface area contributed by atoms with Crippen molar-refractivity contribution in [3.63, 3.8) is 0 Å². The molecule has 0 aliphatic carbocycles. The predicted octanol–water partition coefficient (Wildman–Crippen LogP) is 3.95. The number of rotatable bonds is 6. The van der Waals surface area contributed by atoms with E-state index in [1.54, 1.807) is 62.8 Å². The molecule has 176 valence electrons. The van der Waals surface area contributed by atoms with Crippen molar-refractivity contribution >= 4 is 23.0 Å². The first-order valence-electron chi connectivity index (χ1n) is 11.1. The number of ether oxygens (including phenoxy) is 2. The minimum Gasteiger partial charge on any atom is -0.497 e. The highest BCUT2D eigenvalue weighted by Crippen LogP contribution is 2.38. The second-order valence-corrected chi connectivity index (χ2v) is 8.27. The zero-order valence-corrected chi connectivity index (χ0v) is 19.6. The minimum absolute atomic E-state index is 0.00237. The Kier molecular flexibility index (Phi) is 5.56. The molecule has 0 bridgehead atoms. The highest BCUT2D eigenvalue weighted by atomic mass is 16.5. The molecule has 1 N–H and O–H groups in total. The second kappa shape index (κ2) is 8.72. The summed E-state index contributed by atoms with van der Waals surface area (Å²) in [6, 6.07) is 21.2. The highest BCUT2D eigenvalue weighted by Gasteiger charge is 2.53. The Morgan fingerprint density at radius 2 is 1.31 bits per heavy atom. The van der Waals surface area contributed by atoms with Crippen LogP contribution in [0.2, 0.25) is 0 Å². The first kappa shape index (κ1) is 22.3. The standard InChI is InChI=1S/C27H24N4O4/c1-17-24(29-23-7-5-4-6-22(23)28-17)16-31-25(32)27(30-26(31)33,18-8-12-20(34-2)13-9-18)19-10-14-21(35-3)15-11-19/h4-15H,16H2,1-3H3,(H,30,33). The van der Waals surface area contributed by atoms with E-state index < -0.39 is 17.5 Å². The number of fused-ring (bicyclic) bond motifs is 1. The van der Waals surface area contributed by atoms with Crippen molar-refractivity contribution in [1.82, 2.24) is 20.2 Å². The van der Waals surface area contributed by atoms with Gasteiger partial charge in [-0.15, -0.1) is 0 Å². The van der Waals surface area contributed by atoms with Gasteiger partial charge in [0, 0.05) is 0 Å². The van der Waals surface area contributed by atoms with E-state index in [4.69, 9.17) is 9.47 Å². The molecule has 4 aromatic rings. The Morgan fingerprint density at radius 1 is 0.800 bits per heavy atom. The monoisotopic (exact) mass is 468 g/mol. The van der Waals surface area contributed by atoms with Crippen molar-refractivity contribution in [2.45, 2.75) is 19.0 Å². The number of hydrogen-bond acceptors (Lipinski definition) is 6. The number of para-hydroxylation sites is 2. The zero-order chi connectivity index (χ0) is 24.6.